The van der Waals surface area contributed by atoms with Crippen molar-refractivity contribution in [1.82, 2.24) is 29.7 Å². The lowest BCUT2D eigenvalue weighted by molar-refractivity contribution is -0.119. The number of imidazole rings is 1. The lowest BCUT2D eigenvalue weighted by Crippen LogP contribution is -2.56. The maximum absolute atomic E-state index is 11.8. The van der Waals surface area contributed by atoms with Gasteiger partial charge in [0.15, 0.2) is 0 Å². The van der Waals surface area contributed by atoms with Gasteiger partial charge in [-0.05, 0) is 38.0 Å². The number of carbonyl (C=O) groups is 1. The van der Waals surface area contributed by atoms with Gasteiger partial charge in [-0.3, -0.25) is 14.7 Å². The third-order valence-corrected chi connectivity index (χ3v) is 8.26. The van der Waals surface area contributed by atoms with Crippen LogP contribution in [-0.2, 0) is 9.53 Å². The molecule has 194 valence electrons. The highest BCUT2D eigenvalue weighted by Gasteiger charge is 2.32. The van der Waals surface area contributed by atoms with Gasteiger partial charge in [0.1, 0.15) is 11.6 Å². The summed E-state index contributed by atoms with van der Waals surface area (Å²) in [6.45, 7) is 8.49. The highest BCUT2D eigenvalue weighted by molar-refractivity contribution is 5.84. The van der Waals surface area contributed by atoms with Gasteiger partial charge in [-0.25, -0.2) is 9.97 Å². The van der Waals surface area contributed by atoms with E-state index >= 15 is 0 Å². The van der Waals surface area contributed by atoms with E-state index in [1.165, 1.54) is 0 Å². The second-order valence-corrected chi connectivity index (χ2v) is 10.8. The molecule has 6 heterocycles. The summed E-state index contributed by atoms with van der Waals surface area (Å²) in [7, 11) is 0. The summed E-state index contributed by atoms with van der Waals surface area (Å²) in [6, 6.07) is 7.24. The van der Waals surface area contributed by atoms with Crippen LogP contribution in [0.5, 0.6) is 5.88 Å². The summed E-state index contributed by atoms with van der Waals surface area (Å²) >= 11 is 0. The van der Waals surface area contributed by atoms with Crippen LogP contribution in [0.1, 0.15) is 32.2 Å². The molecule has 1 aliphatic carbocycles. The number of hydrogen-bond donors (Lipinski definition) is 1. The molecule has 4 aliphatic rings. The van der Waals surface area contributed by atoms with Crippen molar-refractivity contribution in [1.29, 1.82) is 0 Å². The van der Waals surface area contributed by atoms with Gasteiger partial charge in [-0.15, -0.1) is 0 Å². The van der Waals surface area contributed by atoms with Gasteiger partial charge in [0, 0.05) is 51.1 Å². The molecule has 3 saturated heterocycles. The van der Waals surface area contributed by atoms with Crippen molar-refractivity contribution in [3.8, 4) is 17.3 Å². The Labute approximate surface area is 216 Å². The van der Waals surface area contributed by atoms with E-state index in [4.69, 9.17) is 24.4 Å². The Kier molecular flexibility index (Phi) is 5.73. The first-order valence-corrected chi connectivity index (χ1v) is 13.5. The van der Waals surface area contributed by atoms with Crippen LogP contribution in [0.3, 0.4) is 0 Å². The summed E-state index contributed by atoms with van der Waals surface area (Å²) in [5, 5.41) is 2.91. The molecule has 0 unspecified atom stereocenters. The van der Waals surface area contributed by atoms with Gasteiger partial charge in [0.25, 0.3) is 0 Å². The maximum atomic E-state index is 11.8. The zero-order valence-corrected chi connectivity index (χ0v) is 21.2. The lowest BCUT2D eigenvalue weighted by atomic mass is 10.0. The molecule has 4 fully saturated rings. The Bertz CT molecular complexity index is 1290. The first kappa shape index (κ1) is 22.9. The fraction of sp³-hybridized carbons (Fsp3) is 0.556. The van der Waals surface area contributed by atoms with E-state index in [1.807, 2.05) is 31.6 Å². The van der Waals surface area contributed by atoms with E-state index in [9.17, 15) is 4.79 Å². The van der Waals surface area contributed by atoms with Crippen molar-refractivity contribution in [2.24, 2.45) is 5.92 Å². The van der Waals surface area contributed by atoms with Gasteiger partial charge in [0.2, 0.25) is 11.8 Å². The topological polar surface area (TPSA) is 97.6 Å². The second kappa shape index (κ2) is 9.25. The number of piperazine rings is 1. The normalized spacial score (nSPS) is 23.8. The molecule has 0 bridgehead atoms. The van der Waals surface area contributed by atoms with Crippen LogP contribution >= 0.6 is 0 Å². The number of nitrogens with zero attached hydrogens (tertiary/aromatic N) is 6. The smallest absolute Gasteiger partial charge is 0.241 e. The molecule has 0 radical (unpaired) electrons. The van der Waals surface area contributed by atoms with Gasteiger partial charge < -0.3 is 24.3 Å². The molecule has 0 aromatic carbocycles. The van der Waals surface area contributed by atoms with E-state index in [0.717, 1.165) is 80.3 Å². The molecule has 1 N–H and O–H groups in total. The first-order chi connectivity index (χ1) is 18.1. The van der Waals surface area contributed by atoms with Crippen molar-refractivity contribution in [2.45, 2.75) is 44.4 Å². The zero-order valence-electron chi connectivity index (χ0n) is 21.2. The van der Waals surface area contributed by atoms with Gasteiger partial charge >= 0.3 is 0 Å². The summed E-state index contributed by atoms with van der Waals surface area (Å²) in [5.74, 6) is 0.781. The first-order valence-electron chi connectivity index (χ1n) is 13.5. The molecule has 0 spiro atoms. The molecule has 37 heavy (non-hydrogen) atoms. The summed E-state index contributed by atoms with van der Waals surface area (Å²) < 4.78 is 14.0. The molecule has 1 saturated carbocycles. The van der Waals surface area contributed by atoms with Crippen molar-refractivity contribution in [3.05, 3.63) is 30.7 Å². The molecule has 10 heteroatoms. The molecule has 3 aromatic rings. The zero-order chi connectivity index (χ0) is 24.9. The van der Waals surface area contributed by atoms with E-state index < -0.39 is 0 Å². The Morgan fingerprint density at radius 2 is 1.92 bits per heavy atom. The summed E-state index contributed by atoms with van der Waals surface area (Å²) in [4.78, 5) is 31.1. The molecule has 7 rings (SSSR count). The number of fused-ring (bicyclic) bond motifs is 1. The number of rotatable bonds is 7. The van der Waals surface area contributed by atoms with E-state index in [1.54, 1.807) is 0 Å². The molecule has 3 aromatic heterocycles. The molecular formula is C27H33N7O3. The predicted octanol–water partition coefficient (Wildman–Crippen LogP) is 2.25. The highest BCUT2D eigenvalue weighted by Crippen LogP contribution is 2.40. The van der Waals surface area contributed by atoms with Crippen LogP contribution in [0.15, 0.2) is 30.7 Å². The Morgan fingerprint density at radius 1 is 1.08 bits per heavy atom. The minimum absolute atomic E-state index is 0.0816. The average molecular weight is 504 g/mol. The monoisotopic (exact) mass is 503 g/mol. The standard InChI is InChI=1S/C27H33N7O3/c1-17(18-10-25(35)29-12-18)37-27-26-24(30-16-34(26)19-2-3-19)11-23(31-27)22-5-4-20(13-28-22)32-6-8-33(9-7-32)21-14-36-15-21/h4-5,11,13,16-19,21H,2-3,6-10,12,14-15H2,1H3,(H,29,35)/t17-,18-/m1/s1. The minimum Gasteiger partial charge on any atom is -0.473 e. The van der Waals surface area contributed by atoms with Crippen LogP contribution in [0.4, 0.5) is 5.69 Å². The lowest BCUT2D eigenvalue weighted by Gasteiger charge is -2.43. The minimum atomic E-state index is -0.145. The number of nitrogens with one attached hydrogen (secondary N) is 1. The van der Waals surface area contributed by atoms with Crippen LogP contribution in [-0.4, -0.2) is 88.4 Å². The van der Waals surface area contributed by atoms with Crippen molar-refractivity contribution in [3.63, 3.8) is 0 Å². The summed E-state index contributed by atoms with van der Waals surface area (Å²) in [6.07, 6.45) is 6.48. The third kappa shape index (κ3) is 4.42. The largest absolute Gasteiger partial charge is 0.473 e. The van der Waals surface area contributed by atoms with Gasteiger partial charge in [-0.2, -0.15) is 0 Å². The number of ether oxygens (including phenoxy) is 2. The molecule has 1 amide bonds. The van der Waals surface area contributed by atoms with Crippen LogP contribution in [0.2, 0.25) is 0 Å². The quantitative estimate of drug-likeness (QED) is 0.525. The van der Waals surface area contributed by atoms with E-state index in [2.05, 4.69) is 25.8 Å². The van der Waals surface area contributed by atoms with Gasteiger partial charge in [-0.1, -0.05) is 0 Å². The van der Waals surface area contributed by atoms with E-state index in [0.29, 0.717) is 30.9 Å². The third-order valence-electron chi connectivity index (χ3n) is 8.26. The predicted molar refractivity (Wildman–Crippen MR) is 139 cm³/mol. The van der Waals surface area contributed by atoms with Crippen molar-refractivity contribution in [2.75, 3.05) is 50.8 Å². The summed E-state index contributed by atoms with van der Waals surface area (Å²) in [5.41, 5.74) is 4.48. The van der Waals surface area contributed by atoms with Crippen molar-refractivity contribution >= 4 is 22.6 Å². The number of pyridine rings is 2. The average Bonchev–Trinajstić information content (AvgIpc) is 3.48. The second-order valence-electron chi connectivity index (χ2n) is 10.8. The fourth-order valence-corrected chi connectivity index (χ4v) is 5.60. The number of anilines is 1. The maximum Gasteiger partial charge on any atom is 0.241 e. The van der Waals surface area contributed by atoms with Crippen LogP contribution in [0.25, 0.3) is 22.4 Å². The Morgan fingerprint density at radius 3 is 2.57 bits per heavy atom. The van der Waals surface area contributed by atoms with E-state index in [-0.39, 0.29) is 17.9 Å². The number of carbonyl (C=O) groups excluding carboxylic acids is 1. The van der Waals surface area contributed by atoms with Gasteiger partial charge in [0.05, 0.1) is 54.4 Å². The fourth-order valence-electron chi connectivity index (χ4n) is 5.60. The molecule has 2 atom stereocenters. The number of hydrogen-bond acceptors (Lipinski definition) is 8. The van der Waals surface area contributed by atoms with Crippen LogP contribution < -0.4 is 15.0 Å². The SMILES string of the molecule is C[C@@H](Oc1nc(-c2ccc(N3CCN(C4COC4)CC3)cn2)cc2ncn(C3CC3)c12)[C@H]1CNC(=O)C1. The Balaban J connectivity index is 1.13. The molecule has 10 nitrogen and oxygen atoms in total. The van der Waals surface area contributed by atoms with Crippen molar-refractivity contribution < 1.29 is 14.3 Å². The Hall–Kier alpha value is -3.24. The highest BCUT2D eigenvalue weighted by atomic mass is 16.5. The number of amides is 1. The molecule has 3 aliphatic heterocycles. The molecular weight excluding hydrogens is 470 g/mol. The number of aromatic nitrogens is 4. The van der Waals surface area contributed by atoms with Crippen LogP contribution in [0, 0.1) is 5.92 Å².